The fraction of sp³-hybridized carbons (Fsp3) is 0.111. The summed E-state index contributed by atoms with van der Waals surface area (Å²) in [6.45, 7) is 6.22. The first-order valence-electron chi connectivity index (χ1n) is 9.64. The van der Waals surface area contributed by atoms with E-state index in [-0.39, 0.29) is 0 Å². The van der Waals surface area contributed by atoms with Crippen molar-refractivity contribution >= 4 is 0 Å². The van der Waals surface area contributed by atoms with Crippen LogP contribution in [0.1, 0.15) is 19.4 Å². The Labute approximate surface area is 163 Å². The normalized spacial score (nSPS) is 10.0. The second-order valence-corrected chi connectivity index (χ2v) is 6.29. The van der Waals surface area contributed by atoms with E-state index in [0.717, 1.165) is 0 Å². The summed E-state index contributed by atoms with van der Waals surface area (Å²) in [5.41, 5.74) is 8.92. The average molecular weight is 351 g/mol. The number of rotatable bonds is 3. The summed E-state index contributed by atoms with van der Waals surface area (Å²) >= 11 is 0. The first-order chi connectivity index (χ1) is 13.3. The fourth-order valence-corrected chi connectivity index (χ4v) is 3.35. The van der Waals surface area contributed by atoms with E-state index in [1.807, 2.05) is 13.8 Å². The lowest BCUT2D eigenvalue weighted by Crippen LogP contribution is -1.91. The van der Waals surface area contributed by atoms with Crippen molar-refractivity contribution in [3.8, 4) is 33.4 Å². The average Bonchev–Trinajstić information content (AvgIpc) is 2.77. The smallest absolute Gasteiger partial charge is 0.0142 e. The van der Waals surface area contributed by atoms with Crippen LogP contribution in [-0.4, -0.2) is 0 Å². The van der Waals surface area contributed by atoms with Crippen LogP contribution in [-0.2, 0) is 0 Å². The summed E-state index contributed by atoms with van der Waals surface area (Å²) in [6.07, 6.45) is 0. The van der Waals surface area contributed by atoms with Crippen molar-refractivity contribution in [3.63, 3.8) is 0 Å². The summed E-state index contributed by atoms with van der Waals surface area (Å²) in [7, 11) is 0. The maximum atomic E-state index is 2.31. The predicted octanol–water partition coefficient (Wildman–Crippen LogP) is 8.02. The van der Waals surface area contributed by atoms with E-state index in [4.69, 9.17) is 0 Å². The second kappa shape index (κ2) is 9.00. The molecule has 0 spiro atoms. The molecule has 0 heterocycles. The van der Waals surface area contributed by atoms with Gasteiger partial charge in [-0.05, 0) is 58.0 Å². The van der Waals surface area contributed by atoms with Gasteiger partial charge in [-0.15, -0.1) is 0 Å². The van der Waals surface area contributed by atoms with E-state index in [1.165, 1.54) is 38.9 Å². The first kappa shape index (κ1) is 18.7. The Kier molecular flexibility index (Phi) is 6.22. The van der Waals surface area contributed by atoms with Gasteiger partial charge >= 0.3 is 0 Å². The van der Waals surface area contributed by atoms with Crippen LogP contribution in [0.25, 0.3) is 33.4 Å². The zero-order valence-electron chi connectivity index (χ0n) is 16.3. The van der Waals surface area contributed by atoms with E-state index < -0.39 is 0 Å². The Morgan fingerprint density at radius 3 is 1.11 bits per heavy atom. The third-order valence-corrected chi connectivity index (χ3v) is 4.68. The highest BCUT2D eigenvalue weighted by atomic mass is 14.2. The van der Waals surface area contributed by atoms with E-state index in [2.05, 4.69) is 110 Å². The van der Waals surface area contributed by atoms with Gasteiger partial charge in [0.2, 0.25) is 0 Å². The van der Waals surface area contributed by atoms with Crippen molar-refractivity contribution in [2.24, 2.45) is 0 Å². The molecule has 0 atom stereocenters. The van der Waals surface area contributed by atoms with Gasteiger partial charge in [0.25, 0.3) is 0 Å². The Morgan fingerprint density at radius 1 is 0.407 bits per heavy atom. The summed E-state index contributed by atoms with van der Waals surface area (Å²) in [5.74, 6) is 0. The monoisotopic (exact) mass is 350 g/mol. The van der Waals surface area contributed by atoms with E-state index in [0.29, 0.717) is 0 Å². The van der Waals surface area contributed by atoms with Gasteiger partial charge in [0.15, 0.2) is 0 Å². The Bertz CT molecular complexity index is 908. The summed E-state index contributed by atoms with van der Waals surface area (Å²) < 4.78 is 0. The van der Waals surface area contributed by atoms with Crippen molar-refractivity contribution in [3.05, 3.63) is 109 Å². The summed E-state index contributed by atoms with van der Waals surface area (Å²) in [4.78, 5) is 0. The van der Waals surface area contributed by atoms with E-state index >= 15 is 0 Å². The molecule has 0 bridgehead atoms. The predicted molar refractivity (Wildman–Crippen MR) is 119 cm³/mol. The summed E-state index contributed by atoms with van der Waals surface area (Å²) in [6, 6.07) is 36.5. The molecule has 27 heavy (non-hydrogen) atoms. The van der Waals surface area contributed by atoms with Crippen molar-refractivity contribution < 1.29 is 0 Å². The topological polar surface area (TPSA) is 0 Å². The van der Waals surface area contributed by atoms with Gasteiger partial charge < -0.3 is 0 Å². The standard InChI is InChI=1S/C25H20.C2H6/c1-19-24(21-13-7-3-8-14-21)17-23(20-11-5-2-6-12-20)18-25(19)22-15-9-4-10-16-22;1-2/h2-18H,1H3;1-2H3. The maximum absolute atomic E-state index is 2.31. The molecule has 0 nitrogen and oxygen atoms in total. The van der Waals surface area contributed by atoms with Crippen molar-refractivity contribution in [2.75, 3.05) is 0 Å². The number of hydrogen-bond acceptors (Lipinski definition) is 0. The van der Waals surface area contributed by atoms with Crippen LogP contribution in [0.2, 0.25) is 0 Å². The maximum Gasteiger partial charge on any atom is -0.0142 e. The highest BCUT2D eigenvalue weighted by Crippen LogP contribution is 2.36. The molecule has 134 valence electrons. The zero-order valence-corrected chi connectivity index (χ0v) is 16.3. The molecule has 0 aliphatic rings. The number of benzene rings is 4. The van der Waals surface area contributed by atoms with Gasteiger partial charge in [-0.25, -0.2) is 0 Å². The Balaban J connectivity index is 0.00000102. The van der Waals surface area contributed by atoms with Gasteiger partial charge in [0.1, 0.15) is 0 Å². The van der Waals surface area contributed by atoms with Gasteiger partial charge in [0, 0.05) is 0 Å². The molecule has 4 aromatic carbocycles. The second-order valence-electron chi connectivity index (χ2n) is 6.29. The van der Waals surface area contributed by atoms with Gasteiger partial charge in [-0.2, -0.15) is 0 Å². The molecule has 0 unspecified atom stereocenters. The minimum atomic E-state index is 1.25. The lowest BCUT2D eigenvalue weighted by atomic mass is 9.88. The molecule has 0 aliphatic heterocycles. The molecule has 0 fully saturated rings. The van der Waals surface area contributed by atoms with Crippen LogP contribution in [0.3, 0.4) is 0 Å². The van der Waals surface area contributed by atoms with Gasteiger partial charge in [-0.1, -0.05) is 105 Å². The Hall–Kier alpha value is -3.12. The lowest BCUT2D eigenvalue weighted by Gasteiger charge is -2.16. The molecular weight excluding hydrogens is 324 g/mol. The minimum Gasteiger partial charge on any atom is -0.0683 e. The highest BCUT2D eigenvalue weighted by molar-refractivity contribution is 5.84. The molecule has 0 saturated carbocycles. The van der Waals surface area contributed by atoms with Crippen molar-refractivity contribution in [1.29, 1.82) is 0 Å². The van der Waals surface area contributed by atoms with Crippen LogP contribution < -0.4 is 0 Å². The molecule has 0 amide bonds. The molecule has 4 rings (SSSR count). The zero-order chi connectivity index (χ0) is 19.1. The molecule has 0 heteroatoms. The van der Waals surface area contributed by atoms with Crippen molar-refractivity contribution in [2.45, 2.75) is 20.8 Å². The van der Waals surface area contributed by atoms with Crippen molar-refractivity contribution in [1.82, 2.24) is 0 Å². The van der Waals surface area contributed by atoms with Crippen LogP contribution in [0.5, 0.6) is 0 Å². The fourth-order valence-electron chi connectivity index (χ4n) is 3.35. The molecule has 0 radical (unpaired) electrons. The molecule has 0 aliphatic carbocycles. The SMILES string of the molecule is CC.Cc1c(-c2ccccc2)cc(-c2ccccc2)cc1-c1ccccc1. The van der Waals surface area contributed by atoms with Crippen LogP contribution >= 0.6 is 0 Å². The van der Waals surface area contributed by atoms with Crippen LogP contribution in [0.4, 0.5) is 0 Å². The quantitative estimate of drug-likeness (QED) is 0.351. The summed E-state index contributed by atoms with van der Waals surface area (Å²) in [5, 5.41) is 0. The van der Waals surface area contributed by atoms with Crippen LogP contribution in [0, 0.1) is 6.92 Å². The first-order valence-corrected chi connectivity index (χ1v) is 9.64. The molecule has 0 saturated heterocycles. The van der Waals surface area contributed by atoms with Crippen LogP contribution in [0.15, 0.2) is 103 Å². The van der Waals surface area contributed by atoms with E-state index in [9.17, 15) is 0 Å². The Morgan fingerprint density at radius 2 is 0.741 bits per heavy atom. The highest BCUT2D eigenvalue weighted by Gasteiger charge is 2.11. The lowest BCUT2D eigenvalue weighted by molar-refractivity contribution is 1.44. The number of hydrogen-bond donors (Lipinski definition) is 0. The molecule has 0 N–H and O–H groups in total. The molecule has 0 aromatic heterocycles. The van der Waals surface area contributed by atoms with Gasteiger partial charge in [0.05, 0.1) is 0 Å². The third kappa shape index (κ3) is 4.17. The minimum absolute atomic E-state index is 1.25. The molecule has 4 aromatic rings. The van der Waals surface area contributed by atoms with E-state index in [1.54, 1.807) is 0 Å². The largest absolute Gasteiger partial charge is 0.0683 e. The third-order valence-electron chi connectivity index (χ3n) is 4.68. The molecular formula is C27H26. The van der Waals surface area contributed by atoms with Gasteiger partial charge in [-0.3, -0.25) is 0 Å².